The molecule has 1 aromatic heterocycles. The first kappa shape index (κ1) is 12.4. The Hall–Kier alpha value is -1.68. The van der Waals surface area contributed by atoms with E-state index in [-0.39, 0.29) is 6.04 Å². The van der Waals surface area contributed by atoms with E-state index in [4.69, 9.17) is 4.52 Å². The molecule has 3 rings (SSSR count). The van der Waals surface area contributed by atoms with Crippen LogP contribution in [0.4, 0.5) is 0 Å². The fourth-order valence-corrected chi connectivity index (χ4v) is 2.47. The molecule has 0 spiro atoms. The average Bonchev–Trinajstić information content (AvgIpc) is 2.96. The van der Waals surface area contributed by atoms with Crippen molar-refractivity contribution in [1.82, 2.24) is 15.5 Å². The third kappa shape index (κ3) is 3.20. The van der Waals surface area contributed by atoms with Gasteiger partial charge in [0.15, 0.2) is 5.82 Å². The minimum atomic E-state index is 0.256. The van der Waals surface area contributed by atoms with Crippen LogP contribution in [-0.2, 0) is 12.8 Å². The number of rotatable bonds is 4. The fraction of sp³-hybridized carbons (Fsp3) is 0.467. The maximum absolute atomic E-state index is 5.37. The fourth-order valence-electron chi connectivity index (χ4n) is 2.47. The third-order valence-corrected chi connectivity index (χ3v) is 3.57. The van der Waals surface area contributed by atoms with E-state index >= 15 is 0 Å². The van der Waals surface area contributed by atoms with Crippen LogP contribution in [0.1, 0.15) is 42.6 Å². The average molecular weight is 257 g/mol. The predicted octanol–water partition coefficient (Wildman–Crippen LogP) is 2.67. The van der Waals surface area contributed by atoms with E-state index in [1.165, 1.54) is 18.4 Å². The van der Waals surface area contributed by atoms with E-state index in [0.29, 0.717) is 0 Å². The first-order valence-corrected chi connectivity index (χ1v) is 7.01. The maximum atomic E-state index is 5.37. The zero-order valence-corrected chi connectivity index (χ0v) is 11.0. The van der Waals surface area contributed by atoms with Crippen molar-refractivity contribution in [3.8, 4) is 0 Å². The van der Waals surface area contributed by atoms with E-state index in [2.05, 4.69) is 39.7 Å². The molecule has 1 N–H and O–H groups in total. The lowest BCUT2D eigenvalue weighted by Gasteiger charge is -2.19. The number of hydrogen-bond donors (Lipinski definition) is 1. The molecule has 2 aromatic rings. The summed E-state index contributed by atoms with van der Waals surface area (Å²) >= 11 is 0. The van der Waals surface area contributed by atoms with Gasteiger partial charge in [-0.15, -0.1) is 0 Å². The monoisotopic (exact) mass is 257 g/mol. The molecule has 1 aliphatic heterocycles. The van der Waals surface area contributed by atoms with Gasteiger partial charge in [-0.1, -0.05) is 41.9 Å². The van der Waals surface area contributed by atoms with Gasteiger partial charge in [0.25, 0.3) is 0 Å². The Kier molecular flexibility index (Phi) is 3.89. The summed E-state index contributed by atoms with van der Waals surface area (Å²) in [5, 5.41) is 7.51. The molecule has 0 aliphatic carbocycles. The van der Waals surface area contributed by atoms with Crippen LogP contribution in [0.2, 0.25) is 0 Å². The number of hydrogen-bond acceptors (Lipinski definition) is 4. The minimum Gasteiger partial charge on any atom is -0.338 e. The second-order valence-corrected chi connectivity index (χ2v) is 5.04. The van der Waals surface area contributed by atoms with Gasteiger partial charge < -0.3 is 9.84 Å². The molecule has 1 saturated heterocycles. The summed E-state index contributed by atoms with van der Waals surface area (Å²) in [5.41, 5.74) is 1.31. The molecule has 0 bridgehead atoms. The van der Waals surface area contributed by atoms with E-state index in [0.717, 1.165) is 37.5 Å². The molecule has 100 valence electrons. The highest BCUT2D eigenvalue weighted by molar-refractivity contribution is 5.15. The van der Waals surface area contributed by atoms with Crippen LogP contribution in [0.25, 0.3) is 0 Å². The van der Waals surface area contributed by atoms with Crippen LogP contribution in [0.5, 0.6) is 0 Å². The lowest BCUT2D eigenvalue weighted by atomic mass is 10.1. The Morgan fingerprint density at radius 2 is 2.05 bits per heavy atom. The zero-order chi connectivity index (χ0) is 12.9. The quantitative estimate of drug-likeness (QED) is 0.915. The molecule has 1 aliphatic rings. The summed E-state index contributed by atoms with van der Waals surface area (Å²) in [4.78, 5) is 4.51. The summed E-state index contributed by atoms with van der Waals surface area (Å²) in [6.45, 7) is 1.05. The Balaban J connectivity index is 1.58. The van der Waals surface area contributed by atoms with Gasteiger partial charge in [0.05, 0.1) is 6.04 Å². The van der Waals surface area contributed by atoms with E-state index in [1.807, 2.05) is 6.07 Å². The number of aryl methyl sites for hydroxylation is 2. The van der Waals surface area contributed by atoms with Gasteiger partial charge in [-0.05, 0) is 31.4 Å². The summed E-state index contributed by atoms with van der Waals surface area (Å²) in [7, 11) is 0. The molecule has 2 heterocycles. The van der Waals surface area contributed by atoms with Crippen molar-refractivity contribution in [1.29, 1.82) is 0 Å². The van der Waals surface area contributed by atoms with Crippen molar-refractivity contribution in [2.24, 2.45) is 0 Å². The second-order valence-electron chi connectivity index (χ2n) is 5.04. The van der Waals surface area contributed by atoms with Gasteiger partial charge in [-0.3, -0.25) is 0 Å². The molecule has 1 aromatic carbocycles. The molecule has 4 heteroatoms. The first-order chi connectivity index (χ1) is 9.42. The van der Waals surface area contributed by atoms with E-state index in [9.17, 15) is 0 Å². The lowest BCUT2D eigenvalue weighted by molar-refractivity contribution is 0.296. The molecular formula is C15H19N3O. The third-order valence-electron chi connectivity index (χ3n) is 3.57. The van der Waals surface area contributed by atoms with Gasteiger partial charge in [0.2, 0.25) is 5.89 Å². The summed E-state index contributed by atoms with van der Waals surface area (Å²) in [6, 6.07) is 10.7. The predicted molar refractivity (Wildman–Crippen MR) is 72.7 cm³/mol. The lowest BCUT2D eigenvalue weighted by Crippen LogP contribution is -2.27. The molecule has 0 radical (unpaired) electrons. The van der Waals surface area contributed by atoms with Crippen molar-refractivity contribution in [3.63, 3.8) is 0 Å². The van der Waals surface area contributed by atoms with Crippen molar-refractivity contribution < 1.29 is 4.52 Å². The normalized spacial score (nSPS) is 19.5. The number of benzene rings is 1. The Labute approximate surface area is 113 Å². The number of piperidine rings is 1. The first-order valence-electron chi connectivity index (χ1n) is 7.01. The van der Waals surface area contributed by atoms with Crippen LogP contribution >= 0.6 is 0 Å². The molecule has 0 saturated carbocycles. The smallest absolute Gasteiger partial charge is 0.243 e. The number of nitrogens with zero attached hydrogens (tertiary/aromatic N) is 2. The van der Waals surface area contributed by atoms with Crippen LogP contribution in [0.15, 0.2) is 34.9 Å². The standard InChI is InChI=1S/C15H19N3O/c1-2-6-12(7-3-1)9-10-14-17-15(19-18-14)13-8-4-5-11-16-13/h1-3,6-7,13,16H,4-5,8-11H2. The highest BCUT2D eigenvalue weighted by atomic mass is 16.5. The van der Waals surface area contributed by atoms with Crippen molar-refractivity contribution >= 4 is 0 Å². The van der Waals surface area contributed by atoms with Crippen molar-refractivity contribution in [2.45, 2.75) is 38.1 Å². The Morgan fingerprint density at radius 1 is 1.16 bits per heavy atom. The highest BCUT2D eigenvalue weighted by Gasteiger charge is 2.20. The molecule has 19 heavy (non-hydrogen) atoms. The van der Waals surface area contributed by atoms with Gasteiger partial charge >= 0.3 is 0 Å². The molecular weight excluding hydrogens is 238 g/mol. The largest absolute Gasteiger partial charge is 0.338 e. The van der Waals surface area contributed by atoms with Crippen LogP contribution in [0, 0.1) is 0 Å². The van der Waals surface area contributed by atoms with Gasteiger partial charge in [-0.25, -0.2) is 0 Å². The topological polar surface area (TPSA) is 51.0 Å². The summed E-state index contributed by atoms with van der Waals surface area (Å²) < 4.78 is 5.37. The van der Waals surface area contributed by atoms with Gasteiger partial charge in [0, 0.05) is 6.42 Å². The number of nitrogens with one attached hydrogen (secondary N) is 1. The summed E-state index contributed by atoms with van der Waals surface area (Å²) in [5.74, 6) is 1.56. The van der Waals surface area contributed by atoms with Crippen molar-refractivity contribution in [3.05, 3.63) is 47.6 Å². The molecule has 1 fully saturated rings. The molecule has 1 unspecified atom stereocenters. The minimum absolute atomic E-state index is 0.256. The number of aromatic nitrogens is 2. The Bertz CT molecular complexity index is 503. The maximum Gasteiger partial charge on any atom is 0.243 e. The van der Waals surface area contributed by atoms with Crippen LogP contribution in [0.3, 0.4) is 0 Å². The van der Waals surface area contributed by atoms with Gasteiger partial charge in [-0.2, -0.15) is 4.98 Å². The van der Waals surface area contributed by atoms with E-state index in [1.54, 1.807) is 0 Å². The van der Waals surface area contributed by atoms with E-state index < -0.39 is 0 Å². The molecule has 4 nitrogen and oxygen atoms in total. The van der Waals surface area contributed by atoms with Crippen molar-refractivity contribution in [2.75, 3.05) is 6.54 Å². The highest BCUT2D eigenvalue weighted by Crippen LogP contribution is 2.21. The van der Waals surface area contributed by atoms with Crippen LogP contribution < -0.4 is 5.32 Å². The van der Waals surface area contributed by atoms with Crippen LogP contribution in [-0.4, -0.2) is 16.7 Å². The summed E-state index contributed by atoms with van der Waals surface area (Å²) in [6.07, 6.45) is 5.36. The SMILES string of the molecule is c1ccc(CCc2noc(C3CCCCN3)n2)cc1. The zero-order valence-electron chi connectivity index (χ0n) is 11.0. The molecule has 1 atom stereocenters. The Morgan fingerprint density at radius 3 is 2.84 bits per heavy atom. The molecule has 0 amide bonds. The second kappa shape index (κ2) is 5.97. The van der Waals surface area contributed by atoms with Gasteiger partial charge in [0.1, 0.15) is 0 Å².